The number of nitrogen functional groups attached to an aromatic ring is 1. The molecule has 116 valence electrons. The molecule has 0 unspecified atom stereocenters. The molecule has 0 aliphatic rings. The largest absolute Gasteiger partial charge is 0.445 e. The normalized spacial score (nSPS) is 10.8. The van der Waals surface area contributed by atoms with Crippen molar-refractivity contribution in [3.63, 3.8) is 0 Å². The zero-order valence-corrected chi connectivity index (χ0v) is 12.5. The van der Waals surface area contributed by atoms with E-state index in [1.807, 2.05) is 42.5 Å². The first-order valence-corrected chi connectivity index (χ1v) is 7.05. The second-order valence-electron chi connectivity index (χ2n) is 4.79. The van der Waals surface area contributed by atoms with Gasteiger partial charge in [0, 0.05) is 19.2 Å². The Morgan fingerprint density at radius 1 is 1.41 bits per heavy atom. The summed E-state index contributed by atoms with van der Waals surface area (Å²) in [5.74, 6) is 0.617. The number of amides is 1. The molecule has 1 heterocycles. The van der Waals surface area contributed by atoms with E-state index >= 15 is 0 Å². The zero-order valence-electron chi connectivity index (χ0n) is 12.5. The number of nitrogens with two attached hydrogens (primary N) is 1. The van der Waals surface area contributed by atoms with Gasteiger partial charge in [-0.15, -0.1) is 0 Å². The molecule has 0 saturated carbocycles. The fraction of sp³-hybridized carbons (Fsp3) is 0.250. The molecule has 2 aromatic rings. The number of ether oxygens (including phenoxy) is 1. The van der Waals surface area contributed by atoms with Crippen LogP contribution in [-0.2, 0) is 18.4 Å². The molecule has 6 heteroatoms. The number of aryl methyl sites for hydroxylation is 1. The van der Waals surface area contributed by atoms with Gasteiger partial charge in [-0.05, 0) is 12.0 Å². The number of carbonyl (C=O) groups is 1. The van der Waals surface area contributed by atoms with Crippen LogP contribution in [0.25, 0.3) is 6.08 Å². The van der Waals surface area contributed by atoms with E-state index in [0.717, 1.165) is 11.1 Å². The maximum atomic E-state index is 11.5. The van der Waals surface area contributed by atoms with Gasteiger partial charge in [0.05, 0.1) is 6.20 Å². The molecule has 0 fully saturated rings. The molecule has 0 radical (unpaired) electrons. The third-order valence-corrected chi connectivity index (χ3v) is 3.10. The molecule has 0 spiro atoms. The smallest absolute Gasteiger partial charge is 0.407 e. The second kappa shape index (κ2) is 7.87. The average molecular weight is 300 g/mol. The number of hydrogen-bond acceptors (Lipinski definition) is 4. The Hall–Kier alpha value is -2.76. The van der Waals surface area contributed by atoms with Crippen LogP contribution < -0.4 is 11.1 Å². The average Bonchev–Trinajstić information content (AvgIpc) is 2.85. The van der Waals surface area contributed by atoms with Crippen LogP contribution in [0.15, 0.2) is 42.6 Å². The van der Waals surface area contributed by atoms with Crippen LogP contribution in [0.5, 0.6) is 0 Å². The lowest BCUT2D eigenvalue weighted by Gasteiger charge is -2.05. The van der Waals surface area contributed by atoms with Gasteiger partial charge < -0.3 is 15.8 Å². The zero-order chi connectivity index (χ0) is 15.8. The van der Waals surface area contributed by atoms with Crippen LogP contribution in [0.4, 0.5) is 10.6 Å². The fourth-order valence-electron chi connectivity index (χ4n) is 1.83. The Bertz CT molecular complexity index is 635. The first-order valence-electron chi connectivity index (χ1n) is 7.05. The predicted molar refractivity (Wildman–Crippen MR) is 85.9 cm³/mol. The Kier molecular flexibility index (Phi) is 5.59. The first-order chi connectivity index (χ1) is 10.7. The van der Waals surface area contributed by atoms with Gasteiger partial charge in [-0.3, -0.25) is 4.68 Å². The highest BCUT2D eigenvalue weighted by atomic mass is 16.5. The number of nitrogens with zero attached hydrogens (tertiary/aromatic N) is 2. The Balaban J connectivity index is 1.64. The minimum Gasteiger partial charge on any atom is -0.445 e. The standard InChI is InChI=1S/C16H20N4O2/c1-20-15(17)14(11-19-20)9-5-6-10-18-16(21)22-12-13-7-3-2-4-8-13/h2-5,7-9,11H,6,10,12,17H2,1H3,(H,18,21). The SMILES string of the molecule is Cn1ncc(C=CCCNC(=O)OCc2ccccc2)c1N. The number of benzene rings is 1. The molecular formula is C16H20N4O2. The molecule has 6 nitrogen and oxygen atoms in total. The van der Waals surface area contributed by atoms with Crippen molar-refractivity contribution in [3.05, 3.63) is 53.7 Å². The Labute approximate surface area is 129 Å². The highest BCUT2D eigenvalue weighted by molar-refractivity contribution is 5.67. The van der Waals surface area contributed by atoms with Crippen LogP contribution in [0, 0.1) is 0 Å². The number of hydrogen-bond donors (Lipinski definition) is 2. The molecule has 2 rings (SSSR count). The third-order valence-electron chi connectivity index (χ3n) is 3.10. The van der Waals surface area contributed by atoms with Crippen molar-refractivity contribution in [1.82, 2.24) is 15.1 Å². The number of aromatic nitrogens is 2. The quantitative estimate of drug-likeness (QED) is 0.802. The van der Waals surface area contributed by atoms with Gasteiger partial charge in [0.2, 0.25) is 0 Å². The van der Waals surface area contributed by atoms with E-state index < -0.39 is 6.09 Å². The molecule has 0 aliphatic heterocycles. The molecule has 0 atom stereocenters. The highest BCUT2D eigenvalue weighted by Gasteiger charge is 2.01. The molecule has 0 saturated heterocycles. The minimum absolute atomic E-state index is 0.273. The molecular weight excluding hydrogens is 280 g/mol. The van der Waals surface area contributed by atoms with Crippen LogP contribution in [-0.4, -0.2) is 22.4 Å². The number of carbonyl (C=O) groups excluding carboxylic acids is 1. The van der Waals surface area contributed by atoms with Crippen LogP contribution in [0.2, 0.25) is 0 Å². The summed E-state index contributed by atoms with van der Waals surface area (Å²) >= 11 is 0. The summed E-state index contributed by atoms with van der Waals surface area (Å²) in [4.78, 5) is 11.5. The van der Waals surface area contributed by atoms with Gasteiger partial charge in [-0.25, -0.2) is 4.79 Å². The van der Waals surface area contributed by atoms with Crippen LogP contribution >= 0.6 is 0 Å². The number of nitrogens with one attached hydrogen (secondary N) is 1. The fourth-order valence-corrected chi connectivity index (χ4v) is 1.83. The summed E-state index contributed by atoms with van der Waals surface area (Å²) in [7, 11) is 1.79. The van der Waals surface area contributed by atoms with Crippen molar-refractivity contribution in [3.8, 4) is 0 Å². The summed E-state index contributed by atoms with van der Waals surface area (Å²) in [6.07, 6.45) is 5.80. The van der Waals surface area contributed by atoms with E-state index in [1.54, 1.807) is 17.9 Å². The van der Waals surface area contributed by atoms with Crippen molar-refractivity contribution in [2.75, 3.05) is 12.3 Å². The molecule has 1 aromatic carbocycles. The molecule has 3 N–H and O–H groups in total. The number of alkyl carbamates (subject to hydrolysis) is 1. The van der Waals surface area contributed by atoms with E-state index in [9.17, 15) is 4.79 Å². The number of rotatable bonds is 6. The van der Waals surface area contributed by atoms with E-state index in [2.05, 4.69) is 10.4 Å². The van der Waals surface area contributed by atoms with Crippen molar-refractivity contribution in [2.45, 2.75) is 13.0 Å². The van der Waals surface area contributed by atoms with Crippen molar-refractivity contribution < 1.29 is 9.53 Å². The van der Waals surface area contributed by atoms with Gasteiger partial charge >= 0.3 is 6.09 Å². The van der Waals surface area contributed by atoms with Crippen LogP contribution in [0.1, 0.15) is 17.5 Å². The van der Waals surface area contributed by atoms with E-state index in [-0.39, 0.29) is 6.61 Å². The summed E-state index contributed by atoms with van der Waals surface area (Å²) in [5, 5.41) is 6.74. The van der Waals surface area contributed by atoms with Crippen molar-refractivity contribution in [2.24, 2.45) is 7.05 Å². The van der Waals surface area contributed by atoms with Gasteiger partial charge in [0.15, 0.2) is 0 Å². The lowest BCUT2D eigenvalue weighted by Crippen LogP contribution is -2.24. The van der Waals surface area contributed by atoms with Crippen LogP contribution in [0.3, 0.4) is 0 Å². The van der Waals surface area contributed by atoms with Crippen molar-refractivity contribution >= 4 is 18.0 Å². The summed E-state index contributed by atoms with van der Waals surface area (Å²) in [5.41, 5.74) is 7.65. The van der Waals surface area contributed by atoms with Gasteiger partial charge in [0.1, 0.15) is 12.4 Å². The summed E-state index contributed by atoms with van der Waals surface area (Å²) in [6, 6.07) is 9.56. The van der Waals surface area contributed by atoms with Crippen molar-refractivity contribution in [1.29, 1.82) is 0 Å². The third kappa shape index (κ3) is 4.66. The summed E-state index contributed by atoms with van der Waals surface area (Å²) in [6.45, 7) is 0.777. The van der Waals surface area contributed by atoms with Gasteiger partial charge in [-0.1, -0.05) is 42.5 Å². The highest BCUT2D eigenvalue weighted by Crippen LogP contribution is 2.11. The van der Waals surface area contributed by atoms with E-state index in [0.29, 0.717) is 18.8 Å². The maximum absolute atomic E-state index is 11.5. The molecule has 0 bridgehead atoms. The number of anilines is 1. The molecule has 1 amide bonds. The topological polar surface area (TPSA) is 82.2 Å². The van der Waals surface area contributed by atoms with Gasteiger partial charge in [-0.2, -0.15) is 5.10 Å². The Morgan fingerprint density at radius 3 is 2.86 bits per heavy atom. The van der Waals surface area contributed by atoms with E-state index in [4.69, 9.17) is 10.5 Å². The minimum atomic E-state index is -0.418. The van der Waals surface area contributed by atoms with Gasteiger partial charge in [0.25, 0.3) is 0 Å². The van der Waals surface area contributed by atoms with E-state index in [1.165, 1.54) is 0 Å². The summed E-state index contributed by atoms with van der Waals surface area (Å²) < 4.78 is 6.72. The monoisotopic (exact) mass is 300 g/mol. The molecule has 22 heavy (non-hydrogen) atoms. The predicted octanol–water partition coefficient (Wildman–Crippen LogP) is 2.33. The molecule has 1 aromatic heterocycles. The lowest BCUT2D eigenvalue weighted by atomic mass is 10.2. The maximum Gasteiger partial charge on any atom is 0.407 e. The lowest BCUT2D eigenvalue weighted by molar-refractivity contribution is 0.140. The second-order valence-corrected chi connectivity index (χ2v) is 4.79. The first kappa shape index (κ1) is 15.6. The Morgan fingerprint density at radius 2 is 2.18 bits per heavy atom. The molecule has 0 aliphatic carbocycles.